The molecule has 3 heterocycles. The number of benzene rings is 2. The summed E-state index contributed by atoms with van der Waals surface area (Å²) < 4.78 is 0.983. The molecular formula is C21H18BrN3O2. The molecule has 2 amide bonds. The van der Waals surface area contributed by atoms with Crippen LogP contribution in [0.15, 0.2) is 53.0 Å². The van der Waals surface area contributed by atoms with Crippen molar-refractivity contribution < 1.29 is 9.59 Å². The van der Waals surface area contributed by atoms with Gasteiger partial charge in [0.25, 0.3) is 0 Å². The highest BCUT2D eigenvalue weighted by atomic mass is 79.9. The highest BCUT2D eigenvalue weighted by Gasteiger charge is 2.47. The molecule has 3 aromatic rings. The molecule has 136 valence electrons. The monoisotopic (exact) mass is 423 g/mol. The minimum Gasteiger partial charge on any atom is -0.356 e. The molecule has 2 aliphatic rings. The number of piperazine rings is 1. The number of nitrogens with one attached hydrogen (secondary N) is 1. The second-order valence-electron chi connectivity index (χ2n) is 7.23. The first-order valence-corrected chi connectivity index (χ1v) is 9.75. The lowest BCUT2D eigenvalue weighted by molar-refractivity contribution is -0.157. The van der Waals surface area contributed by atoms with Crippen LogP contribution in [-0.4, -0.2) is 46.2 Å². The molecule has 1 N–H and O–H groups in total. The third-order valence-corrected chi connectivity index (χ3v) is 6.17. The number of amides is 2. The molecule has 2 atom stereocenters. The zero-order valence-corrected chi connectivity index (χ0v) is 16.4. The van der Waals surface area contributed by atoms with Crippen LogP contribution >= 0.6 is 15.9 Å². The molecule has 1 saturated heterocycles. The molecule has 1 aromatic heterocycles. The zero-order chi connectivity index (χ0) is 18.7. The van der Waals surface area contributed by atoms with Crippen LogP contribution in [0.25, 0.3) is 10.9 Å². The van der Waals surface area contributed by atoms with E-state index in [9.17, 15) is 9.59 Å². The summed E-state index contributed by atoms with van der Waals surface area (Å²) in [5.74, 6) is -0.00744. The Morgan fingerprint density at radius 3 is 2.59 bits per heavy atom. The molecule has 27 heavy (non-hydrogen) atoms. The summed E-state index contributed by atoms with van der Waals surface area (Å²) in [6.45, 7) is 0.123. The number of carbonyl (C=O) groups is 2. The van der Waals surface area contributed by atoms with Crippen LogP contribution < -0.4 is 0 Å². The van der Waals surface area contributed by atoms with Gasteiger partial charge in [0.2, 0.25) is 11.8 Å². The number of nitrogens with zero attached hydrogens (tertiary/aromatic N) is 2. The minimum absolute atomic E-state index is 0.00708. The van der Waals surface area contributed by atoms with Gasteiger partial charge in [0.1, 0.15) is 6.04 Å². The van der Waals surface area contributed by atoms with E-state index < -0.39 is 6.04 Å². The third-order valence-electron chi connectivity index (χ3n) is 5.64. The van der Waals surface area contributed by atoms with Crippen molar-refractivity contribution in [3.63, 3.8) is 0 Å². The smallest absolute Gasteiger partial charge is 0.245 e. The lowest BCUT2D eigenvalue weighted by Gasteiger charge is -2.46. The number of fused-ring (bicyclic) bond motifs is 4. The summed E-state index contributed by atoms with van der Waals surface area (Å²) >= 11 is 3.48. The molecule has 1 fully saturated rings. The van der Waals surface area contributed by atoms with Crippen LogP contribution in [0, 0.1) is 0 Å². The maximum Gasteiger partial charge on any atom is 0.245 e. The first kappa shape index (κ1) is 16.6. The van der Waals surface area contributed by atoms with Gasteiger partial charge in [-0.15, -0.1) is 0 Å². The maximum atomic E-state index is 13.0. The lowest BCUT2D eigenvalue weighted by atomic mass is 9.86. The number of likely N-dealkylation sites (N-methyl/N-ethyl adjacent to an activating group) is 1. The first-order valence-electron chi connectivity index (χ1n) is 8.95. The third kappa shape index (κ3) is 2.43. The van der Waals surface area contributed by atoms with Crippen molar-refractivity contribution in [2.45, 2.75) is 18.5 Å². The van der Waals surface area contributed by atoms with E-state index in [2.05, 4.69) is 27.0 Å². The van der Waals surface area contributed by atoms with Gasteiger partial charge < -0.3 is 14.8 Å². The van der Waals surface area contributed by atoms with Crippen LogP contribution in [-0.2, 0) is 16.0 Å². The average Bonchev–Trinajstić information content (AvgIpc) is 3.04. The molecule has 0 radical (unpaired) electrons. The molecule has 6 heteroatoms. The van der Waals surface area contributed by atoms with Crippen molar-refractivity contribution in [1.29, 1.82) is 0 Å². The molecule has 5 nitrogen and oxygen atoms in total. The molecular weight excluding hydrogens is 406 g/mol. The number of aromatic nitrogens is 1. The standard InChI is InChI=1S/C21H18BrN3O2/c1-24-11-18(26)25-17(21(24)27)10-15-14-4-2-3-5-16(14)23-19(15)20(25)12-6-8-13(22)9-7-12/h2-9,17,20,23H,10-11H2,1H3/t17-,20-/m1/s1. The lowest BCUT2D eigenvalue weighted by Crippen LogP contribution is -2.62. The molecule has 0 spiro atoms. The van der Waals surface area contributed by atoms with Gasteiger partial charge in [-0.05, 0) is 29.3 Å². The maximum absolute atomic E-state index is 13.0. The summed E-state index contributed by atoms with van der Waals surface area (Å²) in [6.07, 6.45) is 0.543. The van der Waals surface area contributed by atoms with Crippen molar-refractivity contribution in [3.8, 4) is 0 Å². The predicted octanol–water partition coefficient (Wildman–Crippen LogP) is 3.25. The van der Waals surface area contributed by atoms with E-state index >= 15 is 0 Å². The van der Waals surface area contributed by atoms with E-state index in [1.165, 1.54) is 0 Å². The Morgan fingerprint density at radius 1 is 1.07 bits per heavy atom. The summed E-state index contributed by atoms with van der Waals surface area (Å²) in [5, 5.41) is 1.13. The largest absolute Gasteiger partial charge is 0.356 e. The fourth-order valence-corrected chi connectivity index (χ4v) is 4.66. The van der Waals surface area contributed by atoms with Crippen molar-refractivity contribution in [2.75, 3.05) is 13.6 Å². The summed E-state index contributed by atoms with van der Waals surface area (Å²) in [5.41, 5.74) is 4.19. The second kappa shape index (κ2) is 5.96. The SMILES string of the molecule is CN1CC(=O)N2[C@H](c3ccc(Br)cc3)c3[nH]c4ccccc4c3C[C@@H]2C1=O. The van der Waals surface area contributed by atoms with Gasteiger partial charge in [0.05, 0.1) is 12.6 Å². The number of halogens is 1. The van der Waals surface area contributed by atoms with E-state index in [1.54, 1.807) is 16.8 Å². The predicted molar refractivity (Wildman–Crippen MR) is 106 cm³/mol. The highest BCUT2D eigenvalue weighted by molar-refractivity contribution is 9.10. The van der Waals surface area contributed by atoms with E-state index in [0.29, 0.717) is 6.42 Å². The number of carbonyl (C=O) groups excluding carboxylic acids is 2. The Balaban J connectivity index is 1.76. The fraction of sp³-hybridized carbons (Fsp3) is 0.238. The Labute approximate surface area is 165 Å². The van der Waals surface area contributed by atoms with E-state index in [0.717, 1.165) is 32.2 Å². The van der Waals surface area contributed by atoms with Crippen LogP contribution in [0.4, 0.5) is 0 Å². The van der Waals surface area contributed by atoms with Gasteiger partial charge in [0.15, 0.2) is 0 Å². The van der Waals surface area contributed by atoms with Gasteiger partial charge in [-0.2, -0.15) is 0 Å². The molecule has 0 aliphatic carbocycles. The quantitative estimate of drug-likeness (QED) is 0.652. The second-order valence-corrected chi connectivity index (χ2v) is 8.15. The van der Waals surface area contributed by atoms with Gasteiger partial charge >= 0.3 is 0 Å². The Bertz CT molecular complexity index is 1070. The Morgan fingerprint density at radius 2 is 1.81 bits per heavy atom. The van der Waals surface area contributed by atoms with E-state index in [-0.39, 0.29) is 24.4 Å². The van der Waals surface area contributed by atoms with E-state index in [1.807, 2.05) is 42.5 Å². The Hall–Kier alpha value is -2.60. The van der Waals surface area contributed by atoms with Gasteiger partial charge in [-0.25, -0.2) is 0 Å². The van der Waals surface area contributed by atoms with E-state index in [4.69, 9.17) is 0 Å². The number of para-hydroxylation sites is 1. The van der Waals surface area contributed by atoms with Crippen molar-refractivity contribution in [3.05, 3.63) is 69.8 Å². The topological polar surface area (TPSA) is 56.4 Å². The number of hydrogen-bond acceptors (Lipinski definition) is 2. The Kier molecular flexibility index (Phi) is 3.65. The van der Waals surface area contributed by atoms with Crippen LogP contribution in [0.2, 0.25) is 0 Å². The molecule has 0 saturated carbocycles. The first-order chi connectivity index (χ1) is 13.0. The molecule has 2 aromatic carbocycles. The molecule has 5 rings (SSSR count). The van der Waals surface area contributed by atoms with Crippen LogP contribution in [0.3, 0.4) is 0 Å². The van der Waals surface area contributed by atoms with Crippen molar-refractivity contribution in [2.24, 2.45) is 0 Å². The number of hydrogen-bond donors (Lipinski definition) is 1. The van der Waals surface area contributed by atoms with Crippen LogP contribution in [0.1, 0.15) is 22.9 Å². The minimum atomic E-state index is -0.461. The summed E-state index contributed by atoms with van der Waals surface area (Å²) in [4.78, 5) is 32.7. The fourth-order valence-electron chi connectivity index (χ4n) is 4.40. The molecule has 2 aliphatic heterocycles. The van der Waals surface area contributed by atoms with Gasteiger partial charge in [-0.1, -0.05) is 46.3 Å². The molecule has 0 unspecified atom stereocenters. The number of H-pyrrole nitrogens is 1. The number of aromatic amines is 1. The zero-order valence-electron chi connectivity index (χ0n) is 14.8. The summed E-state index contributed by atoms with van der Waals surface area (Å²) in [6, 6.07) is 15.4. The van der Waals surface area contributed by atoms with Crippen LogP contribution in [0.5, 0.6) is 0 Å². The number of rotatable bonds is 1. The normalized spacial score (nSPS) is 22.1. The summed E-state index contributed by atoms with van der Waals surface area (Å²) in [7, 11) is 1.71. The average molecular weight is 424 g/mol. The highest BCUT2D eigenvalue weighted by Crippen LogP contribution is 2.42. The van der Waals surface area contributed by atoms with Gasteiger partial charge in [-0.3, -0.25) is 9.59 Å². The van der Waals surface area contributed by atoms with Crippen molar-refractivity contribution in [1.82, 2.24) is 14.8 Å². The molecule has 0 bridgehead atoms. The van der Waals surface area contributed by atoms with Crippen molar-refractivity contribution >= 4 is 38.6 Å². The van der Waals surface area contributed by atoms with Gasteiger partial charge in [0, 0.05) is 34.5 Å².